The molecule has 0 fully saturated rings. The van der Waals surface area contributed by atoms with Gasteiger partial charge in [0.05, 0.1) is 0 Å². The van der Waals surface area contributed by atoms with Crippen LogP contribution in [0.25, 0.3) is 0 Å². The Hall–Kier alpha value is 0.147. The molecule has 0 amide bonds. The van der Waals surface area contributed by atoms with E-state index in [2.05, 4.69) is 0 Å². The van der Waals surface area contributed by atoms with Crippen molar-refractivity contribution in [1.29, 1.82) is 0 Å². The summed E-state index contributed by atoms with van der Waals surface area (Å²) in [6.45, 7) is 9.92. The topological polar surface area (TPSA) is 0 Å². The van der Waals surface area contributed by atoms with E-state index < -0.39 is 9.13 Å². The van der Waals surface area contributed by atoms with Crippen LogP contribution in [0.4, 0.5) is 4.11 Å². The van der Waals surface area contributed by atoms with Crippen molar-refractivity contribution in [2.45, 2.75) is 45.2 Å². The molecule has 0 bridgehead atoms. The van der Waals surface area contributed by atoms with Gasteiger partial charge in [0, 0.05) is 0 Å². The smallest absolute Gasteiger partial charge is 0.239 e. The summed E-state index contributed by atoms with van der Waals surface area (Å²) in [5.41, 5.74) is 0.282. The highest BCUT2D eigenvalue weighted by Gasteiger charge is 2.29. The molecule has 0 nitrogen and oxygen atoms in total. The zero-order valence-corrected chi connectivity index (χ0v) is 8.19. The van der Waals surface area contributed by atoms with Gasteiger partial charge in [0.25, 0.3) is 0 Å². The van der Waals surface area contributed by atoms with Crippen molar-refractivity contribution in [1.82, 2.24) is 0 Å². The van der Waals surface area contributed by atoms with Gasteiger partial charge in [0.1, 0.15) is 0 Å². The van der Waals surface area contributed by atoms with Gasteiger partial charge in [0.15, 0.2) is 0 Å². The first-order chi connectivity index (χ1) is 3.85. The Morgan fingerprint density at radius 1 is 1.22 bits per heavy atom. The van der Waals surface area contributed by atoms with Crippen molar-refractivity contribution < 1.29 is 4.11 Å². The van der Waals surface area contributed by atoms with Crippen molar-refractivity contribution in [2.75, 3.05) is 0 Å². The number of hydrogen-bond acceptors (Lipinski definition) is 0. The van der Waals surface area contributed by atoms with Crippen LogP contribution >= 0.6 is 0 Å². The van der Waals surface area contributed by atoms with Crippen molar-refractivity contribution in [3.63, 3.8) is 0 Å². The second kappa shape index (κ2) is 2.82. The number of rotatable bonds is 1. The Bertz CT molecular complexity index is 83.4. The Morgan fingerprint density at radius 2 is 1.56 bits per heavy atom. The maximum Gasteiger partial charge on any atom is 0.239 e. The van der Waals surface area contributed by atoms with Gasteiger partial charge in [-0.15, -0.1) is 0 Å². The third kappa shape index (κ3) is 2.99. The molecule has 0 heterocycles. The number of hydrogen-bond donors (Lipinski definition) is 0. The molecule has 0 aliphatic heterocycles. The van der Waals surface area contributed by atoms with E-state index in [1.807, 2.05) is 34.6 Å². The molecule has 1 unspecified atom stereocenters. The van der Waals surface area contributed by atoms with Gasteiger partial charge in [0.2, 0.25) is 9.13 Å². The van der Waals surface area contributed by atoms with Crippen LogP contribution in [-0.4, -0.2) is 9.13 Å². The molecule has 0 aromatic heterocycles. The zero-order chi connectivity index (χ0) is 7.65. The second-order valence-electron chi connectivity index (χ2n) is 4.01. The van der Waals surface area contributed by atoms with Crippen LogP contribution in [-0.2, 0) is 0 Å². The number of halogens is 1. The highest BCUT2D eigenvalue weighted by molar-refractivity contribution is 6.56. The lowest BCUT2D eigenvalue weighted by Crippen LogP contribution is -2.23. The minimum atomic E-state index is -1.96. The third-order valence-corrected chi connectivity index (χ3v) is 4.24. The molecule has 0 saturated carbocycles. The van der Waals surface area contributed by atoms with Crippen molar-refractivity contribution >= 4 is 9.13 Å². The van der Waals surface area contributed by atoms with Crippen LogP contribution in [0.15, 0.2) is 0 Å². The van der Waals surface area contributed by atoms with E-state index >= 15 is 0 Å². The van der Waals surface area contributed by atoms with Gasteiger partial charge >= 0.3 is 0 Å². The van der Waals surface area contributed by atoms with Crippen molar-refractivity contribution in [2.24, 2.45) is 0 Å². The van der Waals surface area contributed by atoms with Gasteiger partial charge in [-0.05, 0) is 10.6 Å². The highest BCUT2D eigenvalue weighted by Crippen LogP contribution is 2.33. The third-order valence-electron chi connectivity index (χ3n) is 1.41. The van der Waals surface area contributed by atoms with Gasteiger partial charge in [-0.25, -0.2) is 0 Å². The van der Waals surface area contributed by atoms with Crippen LogP contribution in [0.5, 0.6) is 0 Å². The molecule has 2 heteroatoms. The average Bonchev–Trinajstić information content (AvgIpc) is 1.62. The monoisotopic (exact) mass is 148 g/mol. The molecule has 56 valence electrons. The zero-order valence-electron chi connectivity index (χ0n) is 7.03. The van der Waals surface area contributed by atoms with Crippen molar-refractivity contribution in [3.05, 3.63) is 0 Å². The Labute approximate surface area is 59.2 Å². The van der Waals surface area contributed by atoms with E-state index in [1.165, 1.54) is 0 Å². The Kier molecular flexibility index (Phi) is 2.87. The summed E-state index contributed by atoms with van der Waals surface area (Å²) in [5.74, 6) is 0. The molecule has 9 heavy (non-hydrogen) atoms. The molecule has 0 N–H and O–H groups in total. The first-order valence-corrected chi connectivity index (χ1v) is 5.18. The molecule has 0 aliphatic rings. The van der Waals surface area contributed by atoms with Crippen LogP contribution in [0, 0.1) is 0 Å². The van der Waals surface area contributed by atoms with Crippen molar-refractivity contribution in [3.8, 4) is 0 Å². The molecule has 0 saturated heterocycles. The van der Waals surface area contributed by atoms with Crippen LogP contribution in [0.3, 0.4) is 0 Å². The van der Waals surface area contributed by atoms with Gasteiger partial charge in [-0.1, -0.05) is 34.6 Å². The summed E-state index contributed by atoms with van der Waals surface area (Å²) in [6, 6.07) is 0. The van der Waals surface area contributed by atoms with Gasteiger partial charge in [-0.3, -0.25) is 0 Å². The van der Waals surface area contributed by atoms with E-state index in [0.717, 1.165) is 0 Å². The lowest BCUT2D eigenvalue weighted by atomic mass is 10.2. The molecule has 0 rings (SSSR count). The molecule has 0 aromatic rings. The summed E-state index contributed by atoms with van der Waals surface area (Å²) in [7, 11) is -1.96. The summed E-state index contributed by atoms with van der Waals surface area (Å²) >= 11 is 0. The Morgan fingerprint density at radius 3 is 1.56 bits per heavy atom. The molecular formula is C7H17FSi. The van der Waals surface area contributed by atoms with E-state index in [1.54, 1.807) is 0 Å². The summed E-state index contributed by atoms with van der Waals surface area (Å²) in [5, 5.41) is -0.0475. The van der Waals surface area contributed by atoms with Crippen LogP contribution in [0.2, 0.25) is 10.6 Å². The standard InChI is InChI=1S/C7H17FSi/c1-6(2)9(8)7(3,4)5/h6,9H,1-5H3. The largest absolute Gasteiger partial charge is 0.317 e. The summed E-state index contributed by atoms with van der Waals surface area (Å²) in [4.78, 5) is 0. The summed E-state index contributed by atoms with van der Waals surface area (Å²) < 4.78 is 13.2. The molecular weight excluding hydrogens is 131 g/mol. The first kappa shape index (κ1) is 9.15. The molecule has 0 spiro atoms. The molecule has 0 aromatic carbocycles. The highest BCUT2D eigenvalue weighted by atomic mass is 28.3. The van der Waals surface area contributed by atoms with E-state index in [4.69, 9.17) is 0 Å². The molecule has 1 atom stereocenters. The van der Waals surface area contributed by atoms with E-state index in [9.17, 15) is 4.11 Å². The Balaban J connectivity index is 3.88. The normalized spacial score (nSPS) is 16.3. The second-order valence-corrected chi connectivity index (χ2v) is 7.88. The first-order valence-electron chi connectivity index (χ1n) is 3.49. The quantitative estimate of drug-likeness (QED) is 0.396. The molecule has 0 aliphatic carbocycles. The van der Waals surface area contributed by atoms with Crippen LogP contribution in [0.1, 0.15) is 34.6 Å². The predicted molar refractivity (Wildman–Crippen MR) is 43.1 cm³/mol. The average molecular weight is 148 g/mol. The molecule has 0 radical (unpaired) electrons. The fraction of sp³-hybridized carbons (Fsp3) is 1.00. The lowest BCUT2D eigenvalue weighted by molar-refractivity contribution is 0.622. The fourth-order valence-electron chi connectivity index (χ4n) is 1.00. The fourth-order valence-corrected chi connectivity index (χ4v) is 3.00. The maximum atomic E-state index is 13.2. The van der Waals surface area contributed by atoms with E-state index in [-0.39, 0.29) is 10.6 Å². The minimum absolute atomic E-state index is 0.0475. The van der Waals surface area contributed by atoms with E-state index in [0.29, 0.717) is 0 Å². The maximum absolute atomic E-state index is 13.2. The lowest BCUT2D eigenvalue weighted by Gasteiger charge is -2.24. The van der Waals surface area contributed by atoms with Crippen LogP contribution < -0.4 is 0 Å². The minimum Gasteiger partial charge on any atom is -0.317 e. The van der Waals surface area contributed by atoms with Gasteiger partial charge in [-0.2, -0.15) is 0 Å². The predicted octanol–water partition coefficient (Wildman–Crippen LogP) is 2.89. The SMILES string of the molecule is CC(C)[SiH](F)C(C)(C)C. The summed E-state index contributed by atoms with van der Waals surface area (Å²) in [6.07, 6.45) is 0. The van der Waals surface area contributed by atoms with Gasteiger partial charge < -0.3 is 4.11 Å².